The molecule has 0 radical (unpaired) electrons. The Bertz CT molecular complexity index is 707. The number of benzene rings is 1. The molecule has 1 fully saturated rings. The summed E-state index contributed by atoms with van der Waals surface area (Å²) in [4.78, 5) is 39.9. The van der Waals surface area contributed by atoms with Gasteiger partial charge in [-0.1, -0.05) is 38.5 Å². The summed E-state index contributed by atoms with van der Waals surface area (Å²) in [6.45, 7) is 11.0. The lowest BCUT2D eigenvalue weighted by Crippen LogP contribution is -2.55. The Hall–Kier alpha value is -2.37. The molecule has 0 aliphatic carbocycles. The van der Waals surface area contributed by atoms with Gasteiger partial charge >= 0.3 is 0 Å². The second kappa shape index (κ2) is 10.4. The van der Waals surface area contributed by atoms with E-state index in [1.165, 1.54) is 0 Å². The van der Waals surface area contributed by atoms with Crippen LogP contribution in [-0.2, 0) is 9.59 Å². The number of carbonyl (C=O) groups is 3. The van der Waals surface area contributed by atoms with Crippen molar-refractivity contribution in [1.29, 1.82) is 0 Å². The summed E-state index contributed by atoms with van der Waals surface area (Å²) in [5.41, 5.74) is 1.62. The second-order valence-corrected chi connectivity index (χ2v) is 8.45. The van der Waals surface area contributed by atoms with E-state index in [0.29, 0.717) is 31.5 Å². The fraction of sp³-hybridized carbons (Fsp3) is 0.609. The number of piperidine rings is 1. The zero-order valence-corrected chi connectivity index (χ0v) is 18.3. The molecule has 2 atom stereocenters. The molecule has 0 saturated carbocycles. The lowest BCUT2D eigenvalue weighted by Gasteiger charge is -2.36. The van der Waals surface area contributed by atoms with Crippen LogP contribution in [-0.4, -0.2) is 47.8 Å². The quantitative estimate of drug-likeness (QED) is 0.737. The number of carbonyl (C=O) groups excluding carboxylic acids is 3. The molecule has 1 heterocycles. The Kier molecular flexibility index (Phi) is 8.23. The van der Waals surface area contributed by atoms with Crippen LogP contribution >= 0.6 is 0 Å². The first kappa shape index (κ1) is 22.9. The van der Waals surface area contributed by atoms with Gasteiger partial charge in [-0.2, -0.15) is 0 Å². The molecule has 3 amide bonds. The highest BCUT2D eigenvalue weighted by Crippen LogP contribution is 2.23. The zero-order valence-electron chi connectivity index (χ0n) is 18.3. The normalized spacial score (nSPS) is 17.0. The highest BCUT2D eigenvalue weighted by atomic mass is 16.2. The summed E-state index contributed by atoms with van der Waals surface area (Å²) in [7, 11) is 0. The Morgan fingerprint density at radius 2 is 1.62 bits per heavy atom. The Morgan fingerprint density at radius 1 is 1.03 bits per heavy atom. The second-order valence-electron chi connectivity index (χ2n) is 8.45. The largest absolute Gasteiger partial charge is 0.352 e. The molecule has 1 saturated heterocycles. The van der Waals surface area contributed by atoms with Gasteiger partial charge in [-0.25, -0.2) is 0 Å². The molecular formula is C23H35N3O3. The summed E-state index contributed by atoms with van der Waals surface area (Å²) >= 11 is 0. The van der Waals surface area contributed by atoms with Crippen LogP contribution < -0.4 is 10.6 Å². The molecule has 29 heavy (non-hydrogen) atoms. The van der Waals surface area contributed by atoms with Crippen molar-refractivity contribution in [2.24, 2.45) is 11.8 Å². The van der Waals surface area contributed by atoms with Gasteiger partial charge in [-0.05, 0) is 51.2 Å². The van der Waals surface area contributed by atoms with E-state index in [9.17, 15) is 14.4 Å². The van der Waals surface area contributed by atoms with Crippen molar-refractivity contribution in [1.82, 2.24) is 15.5 Å². The number of hydrogen-bond acceptors (Lipinski definition) is 3. The molecular weight excluding hydrogens is 366 g/mol. The van der Waals surface area contributed by atoms with Crippen LogP contribution in [0.1, 0.15) is 62.9 Å². The van der Waals surface area contributed by atoms with Crippen molar-refractivity contribution in [2.45, 2.75) is 66.0 Å². The number of amides is 3. The van der Waals surface area contributed by atoms with Crippen LogP contribution in [0, 0.1) is 18.8 Å². The van der Waals surface area contributed by atoms with Gasteiger partial charge in [0.1, 0.15) is 6.04 Å². The number of likely N-dealkylation sites (tertiary alicyclic amines) is 1. The molecule has 1 aliphatic heterocycles. The van der Waals surface area contributed by atoms with Crippen molar-refractivity contribution in [2.75, 3.05) is 13.1 Å². The summed E-state index contributed by atoms with van der Waals surface area (Å²) in [5.74, 6) is -0.266. The molecule has 1 aromatic carbocycles. The molecule has 6 heteroatoms. The van der Waals surface area contributed by atoms with Gasteiger partial charge in [-0.15, -0.1) is 0 Å². The first-order chi connectivity index (χ1) is 13.7. The molecule has 2 unspecified atom stereocenters. The summed E-state index contributed by atoms with van der Waals surface area (Å²) < 4.78 is 0. The number of nitrogens with one attached hydrogen (secondary N) is 2. The fourth-order valence-electron chi connectivity index (χ4n) is 3.58. The summed E-state index contributed by atoms with van der Waals surface area (Å²) in [6.07, 6.45) is 2.22. The highest BCUT2D eigenvalue weighted by molar-refractivity contribution is 5.97. The van der Waals surface area contributed by atoms with Crippen molar-refractivity contribution in [3.8, 4) is 0 Å². The molecule has 0 spiro atoms. The van der Waals surface area contributed by atoms with Gasteiger partial charge in [0.25, 0.3) is 5.91 Å². The fourth-order valence-corrected chi connectivity index (χ4v) is 3.58. The standard InChI is InChI=1S/C23H35N3O3/c1-6-17(5)24-22(28)20(25-21(27)19-9-7-16(4)8-10-19)18-11-13-26(14-12-18)23(29)15(2)3/h7-10,15,17-18,20H,6,11-14H2,1-5H3,(H,24,28)(H,25,27). The number of nitrogens with zero attached hydrogens (tertiary/aromatic N) is 1. The summed E-state index contributed by atoms with van der Waals surface area (Å²) in [5, 5.41) is 5.98. The van der Waals surface area contributed by atoms with E-state index in [1.807, 2.05) is 51.7 Å². The molecule has 6 nitrogen and oxygen atoms in total. The monoisotopic (exact) mass is 401 g/mol. The molecule has 2 rings (SSSR count). The molecule has 1 aliphatic rings. The maximum absolute atomic E-state index is 12.9. The third-order valence-corrected chi connectivity index (χ3v) is 5.70. The van der Waals surface area contributed by atoms with Gasteiger partial charge in [0.05, 0.1) is 0 Å². The number of rotatable bonds is 7. The van der Waals surface area contributed by atoms with Crippen LogP contribution in [0.4, 0.5) is 0 Å². The van der Waals surface area contributed by atoms with Crippen LogP contribution in [0.3, 0.4) is 0 Å². The molecule has 0 bridgehead atoms. The third-order valence-electron chi connectivity index (χ3n) is 5.70. The predicted molar refractivity (Wildman–Crippen MR) is 114 cm³/mol. The smallest absolute Gasteiger partial charge is 0.251 e. The highest BCUT2D eigenvalue weighted by Gasteiger charge is 2.34. The Balaban J connectivity index is 2.11. The minimum absolute atomic E-state index is 0.00432. The van der Waals surface area contributed by atoms with E-state index in [4.69, 9.17) is 0 Å². The first-order valence-corrected chi connectivity index (χ1v) is 10.7. The predicted octanol–water partition coefficient (Wildman–Crippen LogP) is 2.90. The molecule has 160 valence electrons. The van der Waals surface area contributed by atoms with Gasteiger partial charge < -0.3 is 15.5 Å². The van der Waals surface area contributed by atoms with Gasteiger partial charge in [-0.3, -0.25) is 14.4 Å². The van der Waals surface area contributed by atoms with E-state index in [-0.39, 0.29) is 35.6 Å². The lowest BCUT2D eigenvalue weighted by atomic mass is 9.88. The average molecular weight is 402 g/mol. The molecule has 2 N–H and O–H groups in total. The molecule has 1 aromatic rings. The van der Waals surface area contributed by atoms with E-state index >= 15 is 0 Å². The van der Waals surface area contributed by atoms with Crippen LogP contribution in [0.5, 0.6) is 0 Å². The van der Waals surface area contributed by atoms with Crippen LogP contribution in [0.2, 0.25) is 0 Å². The third kappa shape index (κ3) is 6.31. The van der Waals surface area contributed by atoms with Crippen molar-refractivity contribution in [3.63, 3.8) is 0 Å². The van der Waals surface area contributed by atoms with Crippen LogP contribution in [0.25, 0.3) is 0 Å². The minimum Gasteiger partial charge on any atom is -0.352 e. The zero-order chi connectivity index (χ0) is 21.6. The Labute approximate surface area is 174 Å². The van der Waals surface area contributed by atoms with Crippen molar-refractivity contribution < 1.29 is 14.4 Å². The van der Waals surface area contributed by atoms with Gasteiger partial charge in [0, 0.05) is 30.6 Å². The van der Waals surface area contributed by atoms with Gasteiger partial charge in [0.15, 0.2) is 0 Å². The average Bonchev–Trinajstić information content (AvgIpc) is 2.71. The van der Waals surface area contributed by atoms with E-state index in [1.54, 1.807) is 12.1 Å². The minimum atomic E-state index is -0.603. The number of aryl methyl sites for hydroxylation is 1. The molecule has 0 aromatic heterocycles. The van der Waals surface area contributed by atoms with E-state index < -0.39 is 6.04 Å². The van der Waals surface area contributed by atoms with E-state index in [0.717, 1.165) is 12.0 Å². The van der Waals surface area contributed by atoms with E-state index in [2.05, 4.69) is 10.6 Å². The number of hydrogen-bond donors (Lipinski definition) is 2. The maximum Gasteiger partial charge on any atom is 0.251 e. The topological polar surface area (TPSA) is 78.5 Å². The Morgan fingerprint density at radius 3 is 2.14 bits per heavy atom. The lowest BCUT2D eigenvalue weighted by molar-refractivity contribution is -0.136. The summed E-state index contributed by atoms with van der Waals surface area (Å²) in [6, 6.07) is 6.77. The van der Waals surface area contributed by atoms with Crippen molar-refractivity contribution in [3.05, 3.63) is 35.4 Å². The maximum atomic E-state index is 12.9. The van der Waals surface area contributed by atoms with Crippen molar-refractivity contribution >= 4 is 17.7 Å². The van der Waals surface area contributed by atoms with Crippen LogP contribution in [0.15, 0.2) is 24.3 Å². The first-order valence-electron chi connectivity index (χ1n) is 10.7. The van der Waals surface area contributed by atoms with Gasteiger partial charge in [0.2, 0.25) is 11.8 Å². The SMILES string of the molecule is CCC(C)NC(=O)C(NC(=O)c1ccc(C)cc1)C1CCN(C(=O)C(C)C)CC1.